The van der Waals surface area contributed by atoms with Gasteiger partial charge in [-0.15, -0.1) is 0 Å². The number of rotatable bonds is 7. The summed E-state index contributed by atoms with van der Waals surface area (Å²) in [4.78, 5) is 16.8. The van der Waals surface area contributed by atoms with Crippen LogP contribution in [0.25, 0.3) is 0 Å². The van der Waals surface area contributed by atoms with Gasteiger partial charge < -0.3 is 4.74 Å². The van der Waals surface area contributed by atoms with Crippen molar-refractivity contribution in [3.8, 4) is 11.9 Å². The van der Waals surface area contributed by atoms with Gasteiger partial charge in [0.05, 0.1) is 18.2 Å². The minimum absolute atomic E-state index is 0.319. The molecule has 1 aliphatic heterocycles. The molecule has 1 amide bonds. The highest BCUT2D eigenvalue weighted by Crippen LogP contribution is 2.31. The average Bonchev–Trinajstić information content (AvgIpc) is 3.20. The number of hydrogen-bond donors (Lipinski definition) is 0. The highest BCUT2D eigenvalue weighted by atomic mass is 19.1. The molecule has 0 N–H and O–H groups in total. The number of halogens is 1. The fourth-order valence-corrected chi connectivity index (χ4v) is 3.03. The quantitative estimate of drug-likeness (QED) is 0.525. The lowest BCUT2D eigenvalue weighted by Crippen LogP contribution is -2.28. The normalized spacial score (nSPS) is 15.2. The van der Waals surface area contributed by atoms with E-state index in [0.29, 0.717) is 48.4 Å². The van der Waals surface area contributed by atoms with Crippen LogP contribution in [-0.2, 0) is 4.79 Å². The number of aromatic nitrogens is 1. The third-order valence-corrected chi connectivity index (χ3v) is 4.59. The van der Waals surface area contributed by atoms with Crippen molar-refractivity contribution < 1.29 is 13.9 Å². The number of benzene rings is 1. The molecule has 1 unspecified atom stereocenters. The number of nitrogens with zero attached hydrogens (tertiary/aromatic N) is 4. The van der Waals surface area contributed by atoms with Crippen molar-refractivity contribution in [2.75, 3.05) is 6.61 Å². The predicted molar refractivity (Wildman–Crippen MR) is 107 cm³/mol. The molecular formula is C22H21FN4O2. The maximum Gasteiger partial charge on any atom is 0.269 e. The van der Waals surface area contributed by atoms with Gasteiger partial charge in [-0.25, -0.2) is 14.4 Å². The van der Waals surface area contributed by atoms with Crippen molar-refractivity contribution in [3.05, 3.63) is 71.2 Å². The molecular weight excluding hydrogens is 371 g/mol. The molecule has 1 aromatic carbocycles. The van der Waals surface area contributed by atoms with Crippen LogP contribution in [-0.4, -0.2) is 28.7 Å². The van der Waals surface area contributed by atoms with E-state index in [4.69, 9.17) is 10.00 Å². The Morgan fingerprint density at radius 3 is 2.93 bits per heavy atom. The van der Waals surface area contributed by atoms with Crippen molar-refractivity contribution in [2.24, 2.45) is 5.10 Å². The molecule has 6 nitrogen and oxygen atoms in total. The number of carbonyl (C=O) groups excluding carboxylic acids is 1. The molecule has 148 valence electrons. The Bertz CT molecular complexity index is 979. The highest BCUT2D eigenvalue weighted by Gasteiger charge is 2.31. The first-order valence-corrected chi connectivity index (χ1v) is 9.28. The molecule has 1 atom stereocenters. The summed E-state index contributed by atoms with van der Waals surface area (Å²) in [5.74, 6) is -0.243. The molecule has 0 spiro atoms. The van der Waals surface area contributed by atoms with E-state index in [9.17, 15) is 9.18 Å². The minimum atomic E-state index is -0.459. The van der Waals surface area contributed by atoms with E-state index in [1.807, 2.05) is 19.1 Å². The maximum atomic E-state index is 14.3. The lowest BCUT2D eigenvalue weighted by atomic mass is 10.0. The van der Waals surface area contributed by atoms with E-state index >= 15 is 0 Å². The van der Waals surface area contributed by atoms with Crippen molar-refractivity contribution in [1.29, 1.82) is 5.26 Å². The van der Waals surface area contributed by atoms with Crippen LogP contribution < -0.4 is 4.74 Å². The SMILES string of the molecule is C=C(CCCOc1ccc(C#N)cn1)C(=O)N1N=CCC1c1ccc(C)cc1F. The van der Waals surface area contributed by atoms with Gasteiger partial charge >= 0.3 is 0 Å². The van der Waals surface area contributed by atoms with Gasteiger partial charge in [-0.3, -0.25) is 4.79 Å². The van der Waals surface area contributed by atoms with Crippen LogP contribution in [0.5, 0.6) is 5.88 Å². The Kier molecular flexibility index (Phi) is 6.35. The van der Waals surface area contributed by atoms with Gasteiger partial charge in [-0.1, -0.05) is 18.7 Å². The number of nitriles is 1. The lowest BCUT2D eigenvalue weighted by molar-refractivity contribution is -0.129. The van der Waals surface area contributed by atoms with Gasteiger partial charge in [-0.05, 0) is 37.5 Å². The zero-order valence-corrected chi connectivity index (χ0v) is 16.1. The van der Waals surface area contributed by atoms with E-state index < -0.39 is 6.04 Å². The van der Waals surface area contributed by atoms with Gasteiger partial charge in [-0.2, -0.15) is 10.4 Å². The lowest BCUT2D eigenvalue weighted by Gasteiger charge is -2.23. The smallest absolute Gasteiger partial charge is 0.269 e. The minimum Gasteiger partial charge on any atom is -0.478 e. The molecule has 0 aliphatic carbocycles. The summed E-state index contributed by atoms with van der Waals surface area (Å²) in [5.41, 5.74) is 2.12. The fraction of sp³-hybridized carbons (Fsp3) is 0.273. The van der Waals surface area contributed by atoms with E-state index in [0.717, 1.165) is 5.56 Å². The number of aryl methyl sites for hydroxylation is 1. The van der Waals surface area contributed by atoms with Gasteiger partial charge in [0.25, 0.3) is 5.91 Å². The number of hydrogen-bond acceptors (Lipinski definition) is 5. The first-order chi connectivity index (χ1) is 14.0. The summed E-state index contributed by atoms with van der Waals surface area (Å²) < 4.78 is 19.9. The highest BCUT2D eigenvalue weighted by molar-refractivity contribution is 5.94. The molecule has 2 aromatic rings. The molecule has 1 aliphatic rings. The second-order valence-corrected chi connectivity index (χ2v) is 6.78. The van der Waals surface area contributed by atoms with Crippen molar-refractivity contribution >= 4 is 12.1 Å². The van der Waals surface area contributed by atoms with Crippen molar-refractivity contribution in [2.45, 2.75) is 32.2 Å². The summed E-state index contributed by atoms with van der Waals surface area (Å²) in [5, 5.41) is 14.2. The third-order valence-electron chi connectivity index (χ3n) is 4.59. The van der Waals surface area contributed by atoms with Gasteiger partial charge in [0.2, 0.25) is 5.88 Å². The standard InChI is InChI=1S/C22H21FN4O2/c1-15-5-7-18(19(23)12-15)20-9-10-26-27(20)22(28)16(2)4-3-11-29-21-8-6-17(13-24)14-25-21/h5-8,10,12,14,20H,2-4,9,11H2,1H3. The fourth-order valence-electron chi connectivity index (χ4n) is 3.03. The second-order valence-electron chi connectivity index (χ2n) is 6.78. The van der Waals surface area contributed by atoms with E-state index in [2.05, 4.69) is 16.7 Å². The van der Waals surface area contributed by atoms with E-state index in [1.165, 1.54) is 17.3 Å². The topological polar surface area (TPSA) is 78.6 Å². The number of carbonyl (C=O) groups is 1. The number of pyridine rings is 1. The third kappa shape index (κ3) is 4.85. The number of amides is 1. The second kappa shape index (κ2) is 9.11. The van der Waals surface area contributed by atoms with Crippen LogP contribution in [0.1, 0.15) is 42.0 Å². The number of hydrazone groups is 1. The molecule has 7 heteroatoms. The molecule has 3 rings (SSSR count). The summed E-state index contributed by atoms with van der Waals surface area (Å²) >= 11 is 0. The molecule has 1 aromatic heterocycles. The molecule has 0 radical (unpaired) electrons. The van der Waals surface area contributed by atoms with Crippen LogP contribution in [0.4, 0.5) is 4.39 Å². The molecule has 0 saturated carbocycles. The van der Waals surface area contributed by atoms with Crippen molar-refractivity contribution in [1.82, 2.24) is 9.99 Å². The van der Waals surface area contributed by atoms with E-state index in [1.54, 1.807) is 24.4 Å². The molecule has 0 bridgehead atoms. The zero-order chi connectivity index (χ0) is 20.8. The monoisotopic (exact) mass is 392 g/mol. The number of ether oxygens (including phenoxy) is 1. The summed E-state index contributed by atoms with van der Waals surface area (Å²) in [7, 11) is 0. The first-order valence-electron chi connectivity index (χ1n) is 9.28. The Hall–Kier alpha value is -3.53. The van der Waals surface area contributed by atoms with Crippen LogP contribution >= 0.6 is 0 Å². The Labute approximate surface area is 168 Å². The first kappa shape index (κ1) is 20.2. The van der Waals surface area contributed by atoms with Gasteiger partial charge in [0.1, 0.15) is 11.9 Å². The largest absolute Gasteiger partial charge is 0.478 e. The summed E-state index contributed by atoms with van der Waals surface area (Å²) in [6.07, 6.45) is 4.51. The summed E-state index contributed by atoms with van der Waals surface area (Å²) in [6.45, 7) is 6.03. The molecule has 29 heavy (non-hydrogen) atoms. The van der Waals surface area contributed by atoms with Gasteiger partial charge in [0.15, 0.2) is 0 Å². The van der Waals surface area contributed by atoms with Crippen LogP contribution in [0.3, 0.4) is 0 Å². The average molecular weight is 392 g/mol. The molecule has 0 fully saturated rings. The van der Waals surface area contributed by atoms with E-state index in [-0.39, 0.29) is 11.7 Å². The molecule has 2 heterocycles. The predicted octanol–water partition coefficient (Wildman–Crippen LogP) is 4.08. The van der Waals surface area contributed by atoms with Gasteiger partial charge in [0, 0.05) is 36.0 Å². The molecule has 0 saturated heterocycles. The zero-order valence-electron chi connectivity index (χ0n) is 16.1. The summed E-state index contributed by atoms with van der Waals surface area (Å²) in [6, 6.07) is 9.76. The van der Waals surface area contributed by atoms with Crippen LogP contribution in [0, 0.1) is 24.1 Å². The Balaban J connectivity index is 1.53. The van der Waals surface area contributed by atoms with Crippen LogP contribution in [0.2, 0.25) is 0 Å². The van der Waals surface area contributed by atoms with Crippen molar-refractivity contribution in [3.63, 3.8) is 0 Å². The Morgan fingerprint density at radius 1 is 1.41 bits per heavy atom. The maximum absolute atomic E-state index is 14.3. The Morgan fingerprint density at radius 2 is 2.24 bits per heavy atom. The van der Waals surface area contributed by atoms with Crippen LogP contribution in [0.15, 0.2) is 53.8 Å².